The summed E-state index contributed by atoms with van der Waals surface area (Å²) in [6.45, 7) is 4.36. The third kappa shape index (κ3) is 4.11. The number of hydrogen-bond donors (Lipinski definition) is 2. The first-order chi connectivity index (χ1) is 14.4. The molecule has 7 heteroatoms. The van der Waals surface area contributed by atoms with Gasteiger partial charge in [0, 0.05) is 13.0 Å². The van der Waals surface area contributed by atoms with Crippen LogP contribution in [-0.4, -0.2) is 39.1 Å². The highest BCUT2D eigenvalue weighted by Gasteiger charge is 2.47. The van der Waals surface area contributed by atoms with E-state index >= 15 is 0 Å². The summed E-state index contributed by atoms with van der Waals surface area (Å²) in [7, 11) is 0. The number of carbonyl (C=O) groups is 3. The average molecular weight is 411 g/mol. The SMILES string of the molecule is CC(C)C[C@H](NC(=O)CCN1C(=O)[C@H]2CCCC[C@@H]2C1=O)c1nc2ccccc2[nH]1. The van der Waals surface area contributed by atoms with Crippen molar-refractivity contribution in [2.24, 2.45) is 17.8 Å². The molecule has 2 fully saturated rings. The number of nitrogens with one attached hydrogen (secondary N) is 2. The molecule has 2 heterocycles. The molecule has 3 atom stereocenters. The Labute approximate surface area is 176 Å². The van der Waals surface area contributed by atoms with Crippen LogP contribution in [0.15, 0.2) is 24.3 Å². The molecule has 0 spiro atoms. The van der Waals surface area contributed by atoms with E-state index < -0.39 is 0 Å². The Morgan fingerprint density at radius 2 is 1.83 bits per heavy atom. The van der Waals surface area contributed by atoms with Crippen molar-refractivity contribution in [2.75, 3.05) is 6.54 Å². The maximum absolute atomic E-state index is 12.7. The van der Waals surface area contributed by atoms with E-state index in [1.807, 2.05) is 24.3 Å². The number of rotatable bonds is 7. The maximum atomic E-state index is 12.7. The summed E-state index contributed by atoms with van der Waals surface area (Å²) in [5.74, 6) is 0.418. The minimum absolute atomic E-state index is 0.0893. The summed E-state index contributed by atoms with van der Waals surface area (Å²) in [6.07, 6.45) is 4.45. The molecule has 1 aliphatic heterocycles. The third-order valence-corrected chi connectivity index (χ3v) is 6.27. The molecule has 3 amide bonds. The molecule has 1 saturated heterocycles. The number of H-pyrrole nitrogens is 1. The molecule has 0 unspecified atom stereocenters. The summed E-state index contributed by atoms with van der Waals surface area (Å²) in [5.41, 5.74) is 1.80. The van der Waals surface area contributed by atoms with Crippen molar-refractivity contribution in [3.63, 3.8) is 0 Å². The fraction of sp³-hybridized carbons (Fsp3) is 0.565. The van der Waals surface area contributed by atoms with Crippen LogP contribution in [0.5, 0.6) is 0 Å². The molecule has 1 aromatic heterocycles. The maximum Gasteiger partial charge on any atom is 0.233 e. The Morgan fingerprint density at radius 1 is 1.17 bits per heavy atom. The Morgan fingerprint density at radius 3 is 2.47 bits per heavy atom. The first-order valence-electron chi connectivity index (χ1n) is 11.0. The lowest BCUT2D eigenvalue weighted by Gasteiger charge is -2.20. The molecular weight excluding hydrogens is 380 g/mol. The molecule has 2 aromatic rings. The fourth-order valence-corrected chi connectivity index (χ4v) is 4.78. The number of amides is 3. The lowest BCUT2D eigenvalue weighted by atomic mass is 9.81. The van der Waals surface area contributed by atoms with Gasteiger partial charge in [0.15, 0.2) is 0 Å². The zero-order chi connectivity index (χ0) is 21.3. The van der Waals surface area contributed by atoms with Crippen molar-refractivity contribution < 1.29 is 14.4 Å². The number of imidazole rings is 1. The van der Waals surface area contributed by atoms with Crippen molar-refractivity contribution in [2.45, 2.75) is 58.4 Å². The summed E-state index contributed by atoms with van der Waals surface area (Å²) in [6, 6.07) is 7.54. The standard InChI is InChI=1S/C23H30N4O3/c1-14(2)13-19(21-25-17-9-5-6-10-18(17)26-21)24-20(28)11-12-27-22(29)15-7-3-4-8-16(15)23(27)30/h5-6,9-10,14-16,19H,3-4,7-8,11-13H2,1-2H3,(H,24,28)(H,25,26)/t15-,16-,19-/m0/s1. The highest BCUT2D eigenvalue weighted by Crippen LogP contribution is 2.38. The van der Waals surface area contributed by atoms with Crippen LogP contribution in [0.3, 0.4) is 0 Å². The fourth-order valence-electron chi connectivity index (χ4n) is 4.78. The molecule has 2 aliphatic rings. The molecule has 1 aromatic carbocycles. The predicted molar refractivity (Wildman–Crippen MR) is 113 cm³/mol. The number of fused-ring (bicyclic) bond motifs is 2. The number of likely N-dealkylation sites (tertiary alicyclic amines) is 1. The van der Waals surface area contributed by atoms with Gasteiger partial charge in [0.2, 0.25) is 17.7 Å². The van der Waals surface area contributed by atoms with E-state index in [4.69, 9.17) is 0 Å². The Hall–Kier alpha value is -2.70. The van der Waals surface area contributed by atoms with Crippen molar-refractivity contribution >= 4 is 28.8 Å². The minimum Gasteiger partial charge on any atom is -0.346 e. The molecule has 1 saturated carbocycles. The van der Waals surface area contributed by atoms with Crippen LogP contribution in [0, 0.1) is 17.8 Å². The quantitative estimate of drug-likeness (QED) is 0.685. The second-order valence-corrected chi connectivity index (χ2v) is 8.96. The Bertz CT molecular complexity index is 894. The molecule has 7 nitrogen and oxygen atoms in total. The second-order valence-electron chi connectivity index (χ2n) is 8.96. The number of hydrogen-bond acceptors (Lipinski definition) is 4. The van der Waals surface area contributed by atoms with Crippen molar-refractivity contribution in [1.29, 1.82) is 0 Å². The van der Waals surface area contributed by atoms with E-state index in [-0.39, 0.29) is 48.6 Å². The van der Waals surface area contributed by atoms with E-state index in [9.17, 15) is 14.4 Å². The highest BCUT2D eigenvalue weighted by atomic mass is 16.2. The number of aromatic nitrogens is 2. The van der Waals surface area contributed by atoms with Crippen LogP contribution in [0.25, 0.3) is 11.0 Å². The van der Waals surface area contributed by atoms with E-state index in [1.165, 1.54) is 4.90 Å². The number of aromatic amines is 1. The molecule has 30 heavy (non-hydrogen) atoms. The lowest BCUT2D eigenvalue weighted by Crippen LogP contribution is -2.37. The van der Waals surface area contributed by atoms with Crippen LogP contribution < -0.4 is 5.32 Å². The van der Waals surface area contributed by atoms with E-state index in [2.05, 4.69) is 29.1 Å². The van der Waals surface area contributed by atoms with E-state index in [1.54, 1.807) is 0 Å². The Balaban J connectivity index is 1.40. The monoisotopic (exact) mass is 410 g/mol. The first kappa shape index (κ1) is 20.6. The van der Waals surface area contributed by atoms with Gasteiger partial charge in [-0.3, -0.25) is 19.3 Å². The lowest BCUT2D eigenvalue weighted by molar-refractivity contribution is -0.140. The second kappa shape index (κ2) is 8.58. The Kier molecular flexibility index (Phi) is 5.88. The van der Waals surface area contributed by atoms with Crippen molar-refractivity contribution in [3.8, 4) is 0 Å². The number of para-hydroxylation sites is 2. The van der Waals surface area contributed by atoms with E-state index in [0.29, 0.717) is 5.92 Å². The third-order valence-electron chi connectivity index (χ3n) is 6.27. The van der Waals surface area contributed by atoms with Gasteiger partial charge in [-0.25, -0.2) is 4.98 Å². The van der Waals surface area contributed by atoms with Gasteiger partial charge in [0.1, 0.15) is 5.82 Å². The zero-order valence-electron chi connectivity index (χ0n) is 17.7. The summed E-state index contributed by atoms with van der Waals surface area (Å²) in [4.78, 5) is 47.2. The molecule has 4 rings (SSSR count). The normalized spacial score (nSPS) is 22.6. The predicted octanol–water partition coefficient (Wildman–Crippen LogP) is 3.33. The molecule has 0 radical (unpaired) electrons. The van der Waals surface area contributed by atoms with Gasteiger partial charge >= 0.3 is 0 Å². The van der Waals surface area contributed by atoms with Gasteiger partial charge in [0.05, 0.1) is 28.9 Å². The first-order valence-corrected chi connectivity index (χ1v) is 11.0. The van der Waals surface area contributed by atoms with Gasteiger partial charge < -0.3 is 10.3 Å². The number of imide groups is 1. The van der Waals surface area contributed by atoms with Gasteiger partial charge in [-0.2, -0.15) is 0 Å². The summed E-state index contributed by atoms with van der Waals surface area (Å²) in [5, 5.41) is 3.06. The minimum atomic E-state index is -0.238. The molecular formula is C23H30N4O3. The van der Waals surface area contributed by atoms with Gasteiger partial charge in [-0.05, 0) is 37.3 Å². The number of nitrogens with zero attached hydrogens (tertiary/aromatic N) is 2. The number of carbonyl (C=O) groups excluding carboxylic acids is 3. The van der Waals surface area contributed by atoms with E-state index in [0.717, 1.165) is 49.0 Å². The summed E-state index contributed by atoms with van der Waals surface area (Å²) < 4.78 is 0. The summed E-state index contributed by atoms with van der Waals surface area (Å²) >= 11 is 0. The molecule has 2 N–H and O–H groups in total. The molecule has 0 bridgehead atoms. The zero-order valence-corrected chi connectivity index (χ0v) is 17.7. The van der Waals surface area contributed by atoms with Gasteiger partial charge in [-0.15, -0.1) is 0 Å². The van der Waals surface area contributed by atoms with Crippen LogP contribution in [0.2, 0.25) is 0 Å². The molecule has 1 aliphatic carbocycles. The largest absolute Gasteiger partial charge is 0.346 e. The molecule has 160 valence electrons. The van der Waals surface area contributed by atoms with Crippen molar-refractivity contribution in [1.82, 2.24) is 20.2 Å². The van der Waals surface area contributed by atoms with Crippen LogP contribution in [0.4, 0.5) is 0 Å². The van der Waals surface area contributed by atoms with Crippen LogP contribution >= 0.6 is 0 Å². The van der Waals surface area contributed by atoms with Gasteiger partial charge in [-0.1, -0.05) is 38.8 Å². The average Bonchev–Trinajstić information content (AvgIpc) is 3.26. The smallest absolute Gasteiger partial charge is 0.233 e. The topological polar surface area (TPSA) is 95.2 Å². The van der Waals surface area contributed by atoms with Crippen LogP contribution in [0.1, 0.15) is 64.2 Å². The van der Waals surface area contributed by atoms with Crippen LogP contribution in [-0.2, 0) is 14.4 Å². The van der Waals surface area contributed by atoms with Gasteiger partial charge in [0.25, 0.3) is 0 Å². The highest BCUT2D eigenvalue weighted by molar-refractivity contribution is 6.05. The number of benzene rings is 1. The van der Waals surface area contributed by atoms with Crippen molar-refractivity contribution in [3.05, 3.63) is 30.1 Å².